The van der Waals surface area contributed by atoms with Crippen LogP contribution < -0.4 is 5.32 Å². The number of hydrogen-bond acceptors (Lipinski definition) is 7. The standard InChI is InChI=1S/C34H43N5O6/c1-33(2,3)44-31(41)38-17-7-8-27(38)29-35-20-26(37-29)24-11-9-22(10-12-24)23-13-15-25(16-14-23)36-30(40)28-21-43-19-18-39(28)32(42)45-34(4,5)6/h9-16,20,27-28H,7-8,17-19,21H2,1-6H3,(H,35,37)(H,36,40). The van der Waals surface area contributed by atoms with Gasteiger partial charge >= 0.3 is 12.2 Å². The van der Waals surface area contributed by atoms with E-state index in [9.17, 15) is 14.4 Å². The van der Waals surface area contributed by atoms with Gasteiger partial charge in [-0.3, -0.25) is 14.6 Å². The van der Waals surface area contributed by atoms with Crippen LogP contribution in [-0.4, -0.2) is 81.4 Å². The summed E-state index contributed by atoms with van der Waals surface area (Å²) in [6, 6.07) is 14.7. The highest BCUT2D eigenvalue weighted by Gasteiger charge is 2.36. The number of rotatable bonds is 5. The lowest BCUT2D eigenvalue weighted by Gasteiger charge is -2.35. The number of carbonyl (C=O) groups is 3. The Balaban J connectivity index is 1.21. The van der Waals surface area contributed by atoms with Crippen LogP contribution in [0.1, 0.15) is 66.3 Å². The van der Waals surface area contributed by atoms with Gasteiger partial charge in [0, 0.05) is 18.8 Å². The predicted octanol–water partition coefficient (Wildman–Crippen LogP) is 6.39. The zero-order valence-corrected chi connectivity index (χ0v) is 26.9. The molecule has 3 amide bonds. The molecule has 2 aliphatic heterocycles. The zero-order chi connectivity index (χ0) is 32.4. The van der Waals surface area contributed by atoms with Crippen molar-refractivity contribution in [2.24, 2.45) is 0 Å². The van der Waals surface area contributed by atoms with Crippen molar-refractivity contribution in [1.82, 2.24) is 19.8 Å². The summed E-state index contributed by atoms with van der Waals surface area (Å²) < 4.78 is 16.6. The molecule has 45 heavy (non-hydrogen) atoms. The van der Waals surface area contributed by atoms with Gasteiger partial charge in [0.15, 0.2) is 0 Å². The Labute approximate surface area is 264 Å². The molecule has 3 aromatic rings. The van der Waals surface area contributed by atoms with Gasteiger partial charge in [0.2, 0.25) is 5.91 Å². The number of morpholine rings is 1. The molecule has 0 spiro atoms. The summed E-state index contributed by atoms with van der Waals surface area (Å²) in [5.41, 5.74) is 3.26. The molecule has 2 saturated heterocycles. The van der Waals surface area contributed by atoms with Crippen molar-refractivity contribution in [2.75, 3.05) is 31.6 Å². The van der Waals surface area contributed by atoms with Crippen LogP contribution in [0.15, 0.2) is 54.7 Å². The van der Waals surface area contributed by atoms with Crippen molar-refractivity contribution in [3.8, 4) is 22.4 Å². The molecule has 240 valence electrons. The molecule has 2 N–H and O–H groups in total. The van der Waals surface area contributed by atoms with Gasteiger partial charge in [-0.15, -0.1) is 0 Å². The first-order chi connectivity index (χ1) is 21.3. The van der Waals surface area contributed by atoms with Gasteiger partial charge in [-0.05, 0) is 83.2 Å². The fourth-order valence-electron chi connectivity index (χ4n) is 5.42. The van der Waals surface area contributed by atoms with E-state index in [1.807, 2.05) is 69.3 Å². The van der Waals surface area contributed by atoms with Crippen molar-refractivity contribution < 1.29 is 28.6 Å². The molecule has 2 fully saturated rings. The summed E-state index contributed by atoms with van der Waals surface area (Å²) in [4.78, 5) is 49.7. The van der Waals surface area contributed by atoms with Crippen LogP contribution in [0.25, 0.3) is 22.4 Å². The van der Waals surface area contributed by atoms with E-state index >= 15 is 0 Å². The number of H-pyrrole nitrogens is 1. The Morgan fingerprint density at radius 2 is 1.42 bits per heavy atom. The van der Waals surface area contributed by atoms with Crippen molar-refractivity contribution in [3.63, 3.8) is 0 Å². The molecule has 11 heteroatoms. The van der Waals surface area contributed by atoms with Gasteiger partial charge in [-0.25, -0.2) is 14.6 Å². The predicted molar refractivity (Wildman–Crippen MR) is 171 cm³/mol. The van der Waals surface area contributed by atoms with Crippen LogP contribution in [0.3, 0.4) is 0 Å². The van der Waals surface area contributed by atoms with Crippen LogP contribution >= 0.6 is 0 Å². The lowest BCUT2D eigenvalue weighted by molar-refractivity contribution is -0.127. The highest BCUT2D eigenvalue weighted by molar-refractivity contribution is 5.97. The number of likely N-dealkylation sites (tertiary alicyclic amines) is 1. The van der Waals surface area contributed by atoms with Crippen molar-refractivity contribution >= 4 is 23.8 Å². The molecule has 0 aliphatic carbocycles. The Bertz CT molecular complexity index is 1500. The maximum Gasteiger partial charge on any atom is 0.411 e. The van der Waals surface area contributed by atoms with E-state index in [0.717, 1.165) is 41.1 Å². The fourth-order valence-corrected chi connectivity index (χ4v) is 5.42. The lowest BCUT2D eigenvalue weighted by atomic mass is 10.0. The van der Waals surface area contributed by atoms with Crippen molar-refractivity contribution in [1.29, 1.82) is 0 Å². The third-order valence-electron chi connectivity index (χ3n) is 7.53. The van der Waals surface area contributed by atoms with Gasteiger partial charge in [0.1, 0.15) is 23.1 Å². The Morgan fingerprint density at radius 1 is 0.844 bits per heavy atom. The van der Waals surface area contributed by atoms with E-state index in [0.29, 0.717) is 18.8 Å². The first-order valence-corrected chi connectivity index (χ1v) is 15.4. The van der Waals surface area contributed by atoms with Gasteiger partial charge in [0.25, 0.3) is 0 Å². The molecule has 3 heterocycles. The number of anilines is 1. The lowest BCUT2D eigenvalue weighted by Crippen LogP contribution is -2.55. The second-order valence-corrected chi connectivity index (χ2v) is 13.4. The minimum absolute atomic E-state index is 0.107. The Hall–Kier alpha value is -4.38. The summed E-state index contributed by atoms with van der Waals surface area (Å²) in [5, 5.41) is 2.90. The number of amides is 3. The average Bonchev–Trinajstić information content (AvgIpc) is 3.66. The minimum atomic E-state index is -0.780. The monoisotopic (exact) mass is 617 g/mol. The normalized spacial score (nSPS) is 18.9. The highest BCUT2D eigenvalue weighted by Crippen LogP contribution is 2.33. The number of carbonyl (C=O) groups excluding carboxylic acids is 3. The second kappa shape index (κ2) is 12.9. The number of aromatic amines is 1. The second-order valence-electron chi connectivity index (χ2n) is 13.4. The van der Waals surface area contributed by atoms with Crippen LogP contribution in [0, 0.1) is 0 Å². The van der Waals surface area contributed by atoms with Gasteiger partial charge in [-0.2, -0.15) is 0 Å². The summed E-state index contributed by atoms with van der Waals surface area (Å²) in [7, 11) is 0. The first kappa shape index (κ1) is 32.0. The van der Waals surface area contributed by atoms with Gasteiger partial charge in [-0.1, -0.05) is 36.4 Å². The number of ether oxygens (including phenoxy) is 3. The van der Waals surface area contributed by atoms with Crippen LogP contribution in [0.4, 0.5) is 15.3 Å². The molecule has 1 aromatic heterocycles. The molecule has 2 unspecified atom stereocenters. The number of aromatic nitrogens is 2. The summed E-state index contributed by atoms with van der Waals surface area (Å²) in [5.74, 6) is 0.424. The molecule has 2 atom stereocenters. The molecular formula is C34H43N5O6. The van der Waals surface area contributed by atoms with E-state index in [1.165, 1.54) is 4.90 Å². The SMILES string of the molecule is CC(C)(C)OC(=O)N1CCOCC1C(=O)Nc1ccc(-c2ccc(-c3cnc(C4CCCN4C(=O)OC(C)(C)C)[nH]3)cc2)cc1. The number of imidazole rings is 1. The third-order valence-corrected chi connectivity index (χ3v) is 7.53. The zero-order valence-electron chi connectivity index (χ0n) is 26.9. The average molecular weight is 618 g/mol. The molecule has 5 rings (SSSR count). The number of benzene rings is 2. The third kappa shape index (κ3) is 8.02. The maximum atomic E-state index is 13.1. The molecular weight excluding hydrogens is 574 g/mol. The summed E-state index contributed by atoms with van der Waals surface area (Å²) >= 11 is 0. The number of nitrogens with one attached hydrogen (secondary N) is 2. The van der Waals surface area contributed by atoms with Crippen LogP contribution in [0.2, 0.25) is 0 Å². The molecule has 11 nitrogen and oxygen atoms in total. The Kier molecular flexibility index (Phi) is 9.20. The molecule has 0 saturated carbocycles. The summed E-state index contributed by atoms with van der Waals surface area (Å²) in [6.45, 7) is 12.4. The van der Waals surface area contributed by atoms with Crippen LogP contribution in [-0.2, 0) is 19.0 Å². The van der Waals surface area contributed by atoms with E-state index in [4.69, 9.17) is 14.2 Å². The van der Waals surface area contributed by atoms with Gasteiger partial charge < -0.3 is 24.5 Å². The number of nitrogens with zero attached hydrogens (tertiary/aromatic N) is 3. The minimum Gasteiger partial charge on any atom is -0.444 e. The smallest absolute Gasteiger partial charge is 0.411 e. The number of hydrogen-bond donors (Lipinski definition) is 2. The topological polar surface area (TPSA) is 126 Å². The van der Waals surface area contributed by atoms with E-state index in [1.54, 1.807) is 31.9 Å². The van der Waals surface area contributed by atoms with Gasteiger partial charge in [0.05, 0.1) is 31.1 Å². The van der Waals surface area contributed by atoms with E-state index in [2.05, 4.69) is 15.3 Å². The first-order valence-electron chi connectivity index (χ1n) is 15.4. The molecule has 2 aromatic carbocycles. The van der Waals surface area contributed by atoms with E-state index < -0.39 is 23.3 Å². The largest absolute Gasteiger partial charge is 0.444 e. The summed E-state index contributed by atoms with van der Waals surface area (Å²) in [6.07, 6.45) is 2.68. The molecule has 0 radical (unpaired) electrons. The quantitative estimate of drug-likeness (QED) is 0.340. The van der Waals surface area contributed by atoms with Crippen molar-refractivity contribution in [3.05, 3.63) is 60.6 Å². The molecule has 2 aliphatic rings. The highest BCUT2D eigenvalue weighted by atomic mass is 16.6. The Morgan fingerprint density at radius 3 is 2.04 bits per heavy atom. The fraction of sp³-hybridized carbons (Fsp3) is 0.471. The van der Waals surface area contributed by atoms with E-state index in [-0.39, 0.29) is 31.2 Å². The maximum absolute atomic E-state index is 13.1. The van der Waals surface area contributed by atoms with Crippen LogP contribution in [0.5, 0.6) is 0 Å². The molecule has 0 bridgehead atoms. The van der Waals surface area contributed by atoms with Crippen molar-refractivity contribution in [2.45, 2.75) is 77.7 Å².